The molecule has 1 heteroatoms. The van der Waals surface area contributed by atoms with Gasteiger partial charge in [-0.15, -0.1) is 0 Å². The summed E-state index contributed by atoms with van der Waals surface area (Å²) in [7, 11) is 0. The van der Waals surface area contributed by atoms with Crippen LogP contribution in [-0.2, 0) is 0 Å². The zero-order valence-corrected chi connectivity index (χ0v) is 24.6. The van der Waals surface area contributed by atoms with Crippen molar-refractivity contribution in [2.45, 2.75) is 13.8 Å². The van der Waals surface area contributed by atoms with Gasteiger partial charge in [-0.1, -0.05) is 0 Å². The Morgan fingerprint density at radius 3 is 0.846 bits per heavy atom. The van der Waals surface area contributed by atoms with Gasteiger partial charge >= 0.3 is 236 Å². The van der Waals surface area contributed by atoms with Gasteiger partial charge in [-0.3, -0.25) is 0 Å². The zero-order valence-electron chi connectivity index (χ0n) is 22.5. The number of benzene rings is 6. The predicted molar refractivity (Wildman–Crippen MR) is 170 cm³/mol. The molecule has 6 aromatic carbocycles. The number of rotatable bonds is 6. The van der Waals surface area contributed by atoms with E-state index in [0.717, 1.165) is 0 Å². The Hall–Kier alpha value is -4.14. The Labute approximate surface area is 235 Å². The van der Waals surface area contributed by atoms with Crippen LogP contribution in [0.3, 0.4) is 0 Å². The van der Waals surface area contributed by atoms with Crippen molar-refractivity contribution in [1.82, 2.24) is 0 Å². The van der Waals surface area contributed by atoms with Crippen LogP contribution in [0.1, 0.15) is 11.1 Å². The van der Waals surface area contributed by atoms with E-state index in [1.54, 1.807) is 0 Å². The molecule has 0 N–H and O–H groups in total. The van der Waals surface area contributed by atoms with Crippen molar-refractivity contribution in [2.75, 3.05) is 0 Å². The molecular weight excluding hydrogens is 529 g/mol. The van der Waals surface area contributed by atoms with Crippen LogP contribution in [0, 0.1) is 13.8 Å². The van der Waals surface area contributed by atoms with Crippen LogP contribution in [0.25, 0.3) is 22.3 Å². The molecule has 0 aromatic heterocycles. The van der Waals surface area contributed by atoms with Gasteiger partial charge in [-0.05, 0) is 0 Å². The summed E-state index contributed by atoms with van der Waals surface area (Å²) in [6, 6.07) is 58.9. The van der Waals surface area contributed by atoms with Gasteiger partial charge in [0.1, 0.15) is 0 Å². The molecule has 188 valence electrons. The number of hydrogen-bond donors (Lipinski definition) is 0. The summed E-state index contributed by atoms with van der Waals surface area (Å²) in [5.74, 6) is 0. The first-order valence-electron chi connectivity index (χ1n) is 13.6. The monoisotopic (exact) mass is 562 g/mol. The molecular formula is C38H32Ge. The quantitative estimate of drug-likeness (QED) is 0.192. The van der Waals surface area contributed by atoms with Gasteiger partial charge in [-0.25, -0.2) is 0 Å². The van der Waals surface area contributed by atoms with Crippen LogP contribution < -0.4 is 17.6 Å². The molecule has 0 atom stereocenters. The molecule has 6 aromatic rings. The molecule has 0 nitrogen and oxygen atoms in total. The van der Waals surface area contributed by atoms with E-state index in [-0.39, 0.29) is 0 Å². The molecule has 39 heavy (non-hydrogen) atoms. The molecule has 0 amide bonds. The van der Waals surface area contributed by atoms with Crippen molar-refractivity contribution in [2.24, 2.45) is 0 Å². The van der Waals surface area contributed by atoms with E-state index in [0.29, 0.717) is 0 Å². The average Bonchev–Trinajstić information content (AvgIpc) is 3.00. The third kappa shape index (κ3) is 4.89. The fraction of sp³-hybridized carbons (Fsp3) is 0.0526. The summed E-state index contributed by atoms with van der Waals surface area (Å²) in [6.07, 6.45) is 0. The van der Waals surface area contributed by atoms with Crippen molar-refractivity contribution in [3.63, 3.8) is 0 Å². The number of aryl methyl sites for hydroxylation is 2. The van der Waals surface area contributed by atoms with Crippen LogP contribution >= 0.6 is 0 Å². The van der Waals surface area contributed by atoms with E-state index in [9.17, 15) is 0 Å². The fourth-order valence-corrected chi connectivity index (χ4v) is 15.6. The van der Waals surface area contributed by atoms with Crippen LogP contribution in [0.15, 0.2) is 158 Å². The standard InChI is InChI=1S/C38H32Ge/c1-29-13-17-31(18-14-29)33-21-25-37(26-22-33)39(35-9-5-3-6-10-35,36-11-7-4-8-12-36)38-27-23-34(24-28-38)32-19-15-30(2)16-20-32/h3-28H,1-2H3. The minimum atomic E-state index is -3.30. The molecule has 0 aliphatic heterocycles. The molecule has 0 heterocycles. The first kappa shape index (κ1) is 25.2. The third-order valence-corrected chi connectivity index (χ3v) is 17.9. The maximum atomic E-state index is 2.39. The van der Waals surface area contributed by atoms with E-state index < -0.39 is 13.3 Å². The molecule has 0 saturated carbocycles. The summed E-state index contributed by atoms with van der Waals surface area (Å²) in [5.41, 5.74) is 7.59. The molecule has 0 aliphatic rings. The first-order valence-corrected chi connectivity index (χ1v) is 17.8. The fourth-order valence-electron chi connectivity index (χ4n) is 5.69. The van der Waals surface area contributed by atoms with Crippen molar-refractivity contribution < 1.29 is 0 Å². The van der Waals surface area contributed by atoms with Gasteiger partial charge in [0, 0.05) is 0 Å². The second kappa shape index (κ2) is 10.9. The Morgan fingerprint density at radius 2 is 0.538 bits per heavy atom. The maximum absolute atomic E-state index is 3.30. The topological polar surface area (TPSA) is 0 Å². The Bertz CT molecular complexity index is 1520. The van der Waals surface area contributed by atoms with Crippen molar-refractivity contribution in [3.8, 4) is 22.3 Å². The molecule has 0 unspecified atom stereocenters. The Kier molecular flexibility index (Phi) is 7.05. The predicted octanol–water partition coefficient (Wildman–Crippen LogP) is 7.01. The molecule has 0 radical (unpaired) electrons. The normalized spacial score (nSPS) is 11.3. The van der Waals surface area contributed by atoms with Crippen LogP contribution in [0.5, 0.6) is 0 Å². The molecule has 0 saturated heterocycles. The number of hydrogen-bond acceptors (Lipinski definition) is 0. The summed E-state index contributed by atoms with van der Waals surface area (Å²) in [6.45, 7) is 4.28. The zero-order chi connectivity index (χ0) is 26.7. The van der Waals surface area contributed by atoms with E-state index in [2.05, 4.69) is 172 Å². The van der Waals surface area contributed by atoms with Gasteiger partial charge < -0.3 is 0 Å². The summed E-state index contributed by atoms with van der Waals surface area (Å²) < 4.78 is 5.75. The van der Waals surface area contributed by atoms with E-state index in [1.807, 2.05) is 0 Å². The van der Waals surface area contributed by atoms with Crippen molar-refractivity contribution >= 4 is 30.8 Å². The van der Waals surface area contributed by atoms with Gasteiger partial charge in [0.05, 0.1) is 0 Å². The summed E-state index contributed by atoms with van der Waals surface area (Å²) >= 11 is -3.30. The van der Waals surface area contributed by atoms with Gasteiger partial charge in [0.25, 0.3) is 0 Å². The summed E-state index contributed by atoms with van der Waals surface area (Å²) in [5, 5.41) is 0. The van der Waals surface area contributed by atoms with Gasteiger partial charge in [-0.2, -0.15) is 0 Å². The molecule has 6 rings (SSSR count). The average molecular weight is 561 g/mol. The second-order valence-electron chi connectivity index (χ2n) is 10.4. The molecule has 0 bridgehead atoms. The summed E-state index contributed by atoms with van der Waals surface area (Å²) in [4.78, 5) is 0. The second-order valence-corrected chi connectivity index (χ2v) is 18.4. The van der Waals surface area contributed by atoms with E-state index in [4.69, 9.17) is 0 Å². The van der Waals surface area contributed by atoms with Gasteiger partial charge in [0.2, 0.25) is 0 Å². The van der Waals surface area contributed by atoms with Crippen molar-refractivity contribution in [1.29, 1.82) is 0 Å². The minimum absolute atomic E-state index is 1.26. The SMILES string of the molecule is Cc1ccc(-c2cc[c]([Ge]([c]3ccccc3)([c]3ccccc3)[c]3ccc(-c4ccc(C)cc4)cc3)cc2)cc1. The van der Waals surface area contributed by atoms with E-state index >= 15 is 0 Å². The van der Waals surface area contributed by atoms with Crippen LogP contribution in [0.4, 0.5) is 0 Å². The molecule has 0 spiro atoms. The molecule has 0 fully saturated rings. The van der Waals surface area contributed by atoms with Crippen molar-refractivity contribution in [3.05, 3.63) is 169 Å². The van der Waals surface area contributed by atoms with Crippen LogP contribution in [0.2, 0.25) is 0 Å². The Morgan fingerprint density at radius 1 is 0.282 bits per heavy atom. The Balaban J connectivity index is 1.55. The third-order valence-electron chi connectivity index (χ3n) is 7.82. The van der Waals surface area contributed by atoms with Gasteiger partial charge in [0.15, 0.2) is 0 Å². The van der Waals surface area contributed by atoms with Crippen LogP contribution in [-0.4, -0.2) is 13.3 Å². The first-order chi connectivity index (χ1) is 19.1. The van der Waals surface area contributed by atoms with E-state index in [1.165, 1.54) is 51.0 Å². The molecule has 0 aliphatic carbocycles.